The molecule has 1 fully saturated rings. The molecule has 0 radical (unpaired) electrons. The van der Waals surface area contributed by atoms with E-state index in [0.717, 1.165) is 41.9 Å². The van der Waals surface area contributed by atoms with Gasteiger partial charge in [-0.1, -0.05) is 33.8 Å². The summed E-state index contributed by atoms with van der Waals surface area (Å²) in [5.41, 5.74) is 16.7. The number of piperidine rings is 1. The first-order chi connectivity index (χ1) is 17.6. The first-order valence-corrected chi connectivity index (χ1v) is 13.9. The van der Waals surface area contributed by atoms with Crippen molar-refractivity contribution in [2.24, 2.45) is 11.5 Å². The van der Waals surface area contributed by atoms with Crippen LogP contribution in [-0.4, -0.2) is 30.4 Å². The summed E-state index contributed by atoms with van der Waals surface area (Å²) in [7, 11) is 0. The van der Waals surface area contributed by atoms with Gasteiger partial charge in [-0.2, -0.15) is 0 Å². The maximum absolute atomic E-state index is 12.4. The normalized spacial score (nSPS) is 17.9. The van der Waals surface area contributed by atoms with Crippen LogP contribution in [0, 0.1) is 0 Å². The molecule has 2 amide bonds. The van der Waals surface area contributed by atoms with Crippen molar-refractivity contribution in [1.82, 2.24) is 0 Å². The van der Waals surface area contributed by atoms with Gasteiger partial charge in [0.05, 0.1) is 5.00 Å². The number of carbonyl (C=O) groups is 2. The smallest absolute Gasteiger partial charge is 0.248 e. The summed E-state index contributed by atoms with van der Waals surface area (Å²) in [6, 6.07) is 16.3. The monoisotopic (exact) mass is 518 g/mol. The third-order valence-corrected chi connectivity index (χ3v) is 8.26. The van der Waals surface area contributed by atoms with Crippen molar-refractivity contribution in [2.75, 3.05) is 16.3 Å². The number of rotatable bonds is 8. The van der Waals surface area contributed by atoms with E-state index >= 15 is 0 Å². The van der Waals surface area contributed by atoms with E-state index < -0.39 is 11.8 Å². The van der Waals surface area contributed by atoms with Crippen LogP contribution >= 0.6 is 11.3 Å². The molecule has 1 aliphatic heterocycles. The highest BCUT2D eigenvalue weighted by molar-refractivity contribution is 7.14. The van der Waals surface area contributed by atoms with Gasteiger partial charge in [-0.15, -0.1) is 11.3 Å². The van der Waals surface area contributed by atoms with E-state index in [4.69, 9.17) is 11.5 Å². The van der Waals surface area contributed by atoms with Crippen molar-refractivity contribution in [3.63, 3.8) is 0 Å². The zero-order valence-corrected chi connectivity index (χ0v) is 23.2. The molecule has 0 saturated carbocycles. The fraction of sp³-hybridized carbons (Fsp3) is 0.400. The molecule has 1 aliphatic rings. The van der Waals surface area contributed by atoms with E-state index in [1.165, 1.54) is 5.00 Å². The van der Waals surface area contributed by atoms with Crippen molar-refractivity contribution < 1.29 is 9.59 Å². The molecule has 7 heteroatoms. The van der Waals surface area contributed by atoms with Gasteiger partial charge in [0.25, 0.3) is 0 Å². The van der Waals surface area contributed by atoms with E-state index in [1.54, 1.807) is 17.4 Å². The molecule has 37 heavy (non-hydrogen) atoms. The lowest BCUT2D eigenvalue weighted by Crippen LogP contribution is -2.48. The van der Waals surface area contributed by atoms with Crippen LogP contribution in [-0.2, 0) is 0 Å². The van der Waals surface area contributed by atoms with E-state index in [0.29, 0.717) is 17.2 Å². The van der Waals surface area contributed by atoms with Gasteiger partial charge in [0.15, 0.2) is 0 Å². The Morgan fingerprint density at radius 3 is 2.27 bits per heavy atom. The molecular formula is C30H38N4O2S. The number of anilines is 3. The summed E-state index contributed by atoms with van der Waals surface area (Å²) in [5.74, 6) is -0.563. The minimum Gasteiger partial charge on any atom is -0.366 e. The molecule has 4 N–H and O–H groups in total. The molecule has 0 aliphatic carbocycles. The topological polar surface area (TPSA) is 92.7 Å². The van der Waals surface area contributed by atoms with Gasteiger partial charge in [-0.05, 0) is 90.6 Å². The Morgan fingerprint density at radius 2 is 1.70 bits per heavy atom. The van der Waals surface area contributed by atoms with E-state index in [1.807, 2.05) is 30.3 Å². The van der Waals surface area contributed by atoms with Crippen molar-refractivity contribution in [2.45, 2.75) is 71.4 Å². The Morgan fingerprint density at radius 1 is 0.973 bits per heavy atom. The first kappa shape index (κ1) is 26.7. The van der Waals surface area contributed by atoms with Gasteiger partial charge in [0.2, 0.25) is 11.8 Å². The van der Waals surface area contributed by atoms with E-state index in [-0.39, 0.29) is 17.9 Å². The van der Waals surface area contributed by atoms with E-state index in [9.17, 15) is 9.59 Å². The van der Waals surface area contributed by atoms with Gasteiger partial charge in [0, 0.05) is 41.1 Å². The van der Waals surface area contributed by atoms with Gasteiger partial charge in [0.1, 0.15) is 0 Å². The number of amides is 2. The Hall–Kier alpha value is -3.32. The van der Waals surface area contributed by atoms with Gasteiger partial charge >= 0.3 is 0 Å². The van der Waals surface area contributed by atoms with Crippen molar-refractivity contribution >= 4 is 39.5 Å². The van der Waals surface area contributed by atoms with Crippen LogP contribution in [0.25, 0.3) is 0 Å². The minimum atomic E-state index is -0.446. The minimum absolute atomic E-state index is 0.123. The second-order valence-corrected chi connectivity index (χ2v) is 11.5. The largest absolute Gasteiger partial charge is 0.366 e. The van der Waals surface area contributed by atoms with Crippen molar-refractivity contribution in [1.29, 1.82) is 0 Å². The maximum Gasteiger partial charge on any atom is 0.248 e. The summed E-state index contributed by atoms with van der Waals surface area (Å²) in [4.78, 5) is 29.4. The molecule has 196 valence electrons. The summed E-state index contributed by atoms with van der Waals surface area (Å²) in [6.45, 7) is 11.8. The highest BCUT2D eigenvalue weighted by Gasteiger charge is 2.33. The summed E-state index contributed by atoms with van der Waals surface area (Å²) < 4.78 is 0. The van der Waals surface area contributed by atoms with Crippen LogP contribution in [0.15, 0.2) is 53.9 Å². The number of nitrogens with two attached hydrogens (primary N) is 2. The van der Waals surface area contributed by atoms with Crippen LogP contribution in [0.4, 0.5) is 16.4 Å². The molecule has 2 heterocycles. The van der Waals surface area contributed by atoms with Gasteiger partial charge in [-0.3, -0.25) is 9.59 Å². The number of nitrogens with zero attached hydrogens (tertiary/aromatic N) is 2. The number of primary amides is 2. The highest BCUT2D eigenvalue weighted by atomic mass is 32.1. The van der Waals surface area contributed by atoms with Gasteiger partial charge in [-0.25, -0.2) is 0 Å². The zero-order valence-electron chi connectivity index (χ0n) is 22.4. The molecule has 6 nitrogen and oxygen atoms in total. The number of carbonyl (C=O) groups excluding carboxylic acids is 2. The second-order valence-electron chi connectivity index (χ2n) is 10.6. The average Bonchev–Trinajstić information content (AvgIpc) is 3.38. The number of hydrogen-bond acceptors (Lipinski definition) is 5. The molecular weight excluding hydrogens is 480 g/mol. The van der Waals surface area contributed by atoms with Crippen LogP contribution in [0.1, 0.15) is 91.1 Å². The molecule has 0 bridgehead atoms. The third kappa shape index (κ3) is 5.37. The van der Waals surface area contributed by atoms with Crippen molar-refractivity contribution in [3.05, 3.63) is 76.2 Å². The van der Waals surface area contributed by atoms with E-state index in [2.05, 4.69) is 61.9 Å². The quantitative estimate of drug-likeness (QED) is 0.361. The molecule has 0 spiro atoms. The predicted molar refractivity (Wildman–Crippen MR) is 154 cm³/mol. The molecule has 2 atom stereocenters. The number of benzene rings is 2. The van der Waals surface area contributed by atoms with Crippen LogP contribution in [0.3, 0.4) is 0 Å². The molecule has 4 rings (SSSR count). The van der Waals surface area contributed by atoms with Crippen LogP contribution < -0.4 is 21.3 Å². The second kappa shape index (κ2) is 11.0. The Bertz CT molecular complexity index is 1270. The fourth-order valence-electron chi connectivity index (χ4n) is 5.78. The Kier molecular flexibility index (Phi) is 7.93. The van der Waals surface area contributed by atoms with Gasteiger partial charge < -0.3 is 21.3 Å². The molecule has 2 unspecified atom stereocenters. The zero-order chi connectivity index (χ0) is 26.9. The average molecular weight is 519 g/mol. The lowest BCUT2D eigenvalue weighted by atomic mass is 9.84. The Balaban J connectivity index is 1.88. The fourth-order valence-corrected chi connectivity index (χ4v) is 6.64. The lowest BCUT2D eigenvalue weighted by molar-refractivity contribution is 0.0991. The maximum atomic E-state index is 12.4. The van der Waals surface area contributed by atoms with Crippen LogP contribution in [0.2, 0.25) is 0 Å². The number of thiophene rings is 1. The third-order valence-electron chi connectivity index (χ3n) is 7.36. The summed E-state index contributed by atoms with van der Waals surface area (Å²) in [5, 5.41) is 3.42. The molecule has 1 aromatic heterocycles. The predicted octanol–water partition coefficient (Wildman–Crippen LogP) is 6.39. The standard InChI is InChI=1S/C30H38N4O2S/c1-18(2)27-24(30(32)36)11-12-25(28(27)19(3)4)34(22-9-6-8-21(17-22)29(31)35)23-13-14-33(20(5)16-23)26-10-7-15-37-26/h6-12,15,17-20,23H,13-14,16H2,1-5H3,(H2,31,35)(H2,32,36). The highest BCUT2D eigenvalue weighted by Crippen LogP contribution is 2.43. The SMILES string of the molecule is CC(C)c1c(C(N)=O)ccc(N(c2cccc(C(N)=O)c2)C2CCN(c3cccs3)C(C)C2)c1C(C)C. The Labute approximate surface area is 224 Å². The first-order valence-electron chi connectivity index (χ1n) is 13.1. The summed E-state index contributed by atoms with van der Waals surface area (Å²) in [6.07, 6.45) is 1.90. The number of hydrogen-bond donors (Lipinski definition) is 2. The van der Waals surface area contributed by atoms with Crippen LogP contribution in [0.5, 0.6) is 0 Å². The molecule has 1 saturated heterocycles. The molecule has 3 aromatic rings. The lowest BCUT2D eigenvalue weighted by Gasteiger charge is -2.45. The van der Waals surface area contributed by atoms with Crippen molar-refractivity contribution in [3.8, 4) is 0 Å². The molecule has 2 aromatic carbocycles. The summed E-state index contributed by atoms with van der Waals surface area (Å²) >= 11 is 1.77.